The van der Waals surface area contributed by atoms with E-state index in [0.29, 0.717) is 5.92 Å². The van der Waals surface area contributed by atoms with E-state index >= 15 is 0 Å². The maximum atomic E-state index is 4.75. The Kier molecular flexibility index (Phi) is 5.09. The van der Waals surface area contributed by atoms with Gasteiger partial charge >= 0.3 is 0 Å². The second-order valence-corrected chi connectivity index (χ2v) is 8.17. The van der Waals surface area contributed by atoms with Crippen molar-refractivity contribution in [2.24, 2.45) is 0 Å². The fraction of sp³-hybridized carbons (Fsp3) is 0.429. The monoisotopic (exact) mass is 351 g/mol. The number of hydrogen-bond donors (Lipinski definition) is 0. The molecule has 0 aliphatic carbocycles. The lowest BCUT2D eigenvalue weighted by Crippen LogP contribution is -2.34. The molecular formula is C21H25N3S. The van der Waals surface area contributed by atoms with Crippen molar-refractivity contribution in [1.29, 1.82) is 0 Å². The van der Waals surface area contributed by atoms with Gasteiger partial charge in [0.2, 0.25) is 0 Å². The van der Waals surface area contributed by atoms with Crippen LogP contribution in [-0.4, -0.2) is 34.5 Å². The van der Waals surface area contributed by atoms with Crippen LogP contribution in [0.3, 0.4) is 0 Å². The summed E-state index contributed by atoms with van der Waals surface area (Å²) < 4.78 is 1.31. The minimum Gasteiger partial charge on any atom is -0.303 e. The van der Waals surface area contributed by atoms with E-state index in [-0.39, 0.29) is 0 Å². The van der Waals surface area contributed by atoms with Crippen LogP contribution in [0.25, 0.3) is 10.2 Å². The number of piperidine rings is 1. The molecule has 25 heavy (non-hydrogen) atoms. The molecule has 0 amide bonds. The normalized spacial score (nSPS) is 16.5. The molecule has 130 valence electrons. The van der Waals surface area contributed by atoms with Crippen LogP contribution in [0, 0.1) is 6.92 Å². The minimum atomic E-state index is 0.639. The lowest BCUT2D eigenvalue weighted by atomic mass is 9.92. The Labute approximate surface area is 153 Å². The number of thiazole rings is 1. The average molecular weight is 352 g/mol. The number of fused-ring (bicyclic) bond motifs is 1. The van der Waals surface area contributed by atoms with Crippen LogP contribution >= 0.6 is 11.3 Å². The van der Waals surface area contributed by atoms with Gasteiger partial charge < -0.3 is 4.90 Å². The van der Waals surface area contributed by atoms with E-state index in [0.717, 1.165) is 11.9 Å². The molecular weight excluding hydrogens is 326 g/mol. The van der Waals surface area contributed by atoms with Crippen molar-refractivity contribution in [2.45, 2.75) is 38.5 Å². The highest BCUT2D eigenvalue weighted by molar-refractivity contribution is 7.18. The third kappa shape index (κ3) is 4.07. The predicted octanol–water partition coefficient (Wildman–Crippen LogP) is 4.81. The zero-order valence-corrected chi connectivity index (χ0v) is 15.6. The van der Waals surface area contributed by atoms with E-state index < -0.39 is 0 Å². The van der Waals surface area contributed by atoms with Crippen LogP contribution in [0.15, 0.2) is 42.6 Å². The van der Waals surface area contributed by atoms with Crippen molar-refractivity contribution in [2.75, 3.05) is 19.6 Å². The van der Waals surface area contributed by atoms with E-state index in [9.17, 15) is 0 Å². The number of benzene rings is 1. The van der Waals surface area contributed by atoms with Gasteiger partial charge in [-0.25, -0.2) is 4.98 Å². The summed E-state index contributed by atoms with van der Waals surface area (Å²) >= 11 is 1.84. The summed E-state index contributed by atoms with van der Waals surface area (Å²) in [7, 11) is 0. The Balaban J connectivity index is 1.25. The number of aromatic nitrogens is 2. The predicted molar refractivity (Wildman–Crippen MR) is 105 cm³/mol. The molecule has 0 saturated carbocycles. The van der Waals surface area contributed by atoms with E-state index in [1.54, 1.807) is 0 Å². The number of aryl methyl sites for hydroxylation is 2. The number of likely N-dealkylation sites (tertiary alicyclic amines) is 1. The number of nitrogens with zero attached hydrogens (tertiary/aromatic N) is 3. The van der Waals surface area contributed by atoms with Crippen molar-refractivity contribution in [3.8, 4) is 0 Å². The summed E-state index contributed by atoms with van der Waals surface area (Å²) in [6.45, 7) is 5.73. The van der Waals surface area contributed by atoms with Gasteiger partial charge in [-0.2, -0.15) is 0 Å². The maximum absolute atomic E-state index is 4.75. The molecule has 1 aromatic carbocycles. The lowest BCUT2D eigenvalue weighted by Gasteiger charge is -2.31. The number of para-hydroxylation sites is 1. The first-order valence-corrected chi connectivity index (χ1v) is 10.1. The van der Waals surface area contributed by atoms with Gasteiger partial charge in [-0.05, 0) is 75.6 Å². The summed E-state index contributed by atoms with van der Waals surface area (Å²) in [5.41, 5.74) is 3.76. The zero-order valence-electron chi connectivity index (χ0n) is 14.8. The second-order valence-electron chi connectivity index (χ2n) is 7.05. The SMILES string of the molecule is Cc1ccnc(C2CCN(CCCc3nc4ccccc4s3)CC2)c1. The largest absolute Gasteiger partial charge is 0.303 e. The first-order chi connectivity index (χ1) is 12.3. The Morgan fingerprint density at radius 2 is 2.00 bits per heavy atom. The average Bonchev–Trinajstić information content (AvgIpc) is 3.05. The molecule has 2 aromatic heterocycles. The van der Waals surface area contributed by atoms with Crippen LogP contribution in [0.1, 0.15) is 41.4 Å². The molecule has 0 bridgehead atoms. The van der Waals surface area contributed by atoms with Crippen molar-refractivity contribution in [3.63, 3.8) is 0 Å². The smallest absolute Gasteiger partial charge is 0.0939 e. The van der Waals surface area contributed by atoms with Crippen LogP contribution in [0.4, 0.5) is 0 Å². The van der Waals surface area contributed by atoms with E-state index in [2.05, 4.69) is 53.2 Å². The van der Waals surface area contributed by atoms with Gasteiger partial charge in [0.05, 0.1) is 15.2 Å². The third-order valence-electron chi connectivity index (χ3n) is 5.15. The number of hydrogen-bond acceptors (Lipinski definition) is 4. The number of pyridine rings is 1. The van der Waals surface area contributed by atoms with Gasteiger partial charge in [-0.15, -0.1) is 11.3 Å². The molecule has 0 atom stereocenters. The van der Waals surface area contributed by atoms with Gasteiger partial charge in [-0.3, -0.25) is 4.98 Å². The van der Waals surface area contributed by atoms with Gasteiger partial charge in [-0.1, -0.05) is 12.1 Å². The molecule has 3 aromatic rings. The summed E-state index contributed by atoms with van der Waals surface area (Å²) in [6, 6.07) is 12.8. The molecule has 0 radical (unpaired) electrons. The second kappa shape index (κ2) is 7.63. The van der Waals surface area contributed by atoms with E-state index in [1.165, 1.54) is 59.9 Å². The highest BCUT2D eigenvalue weighted by Crippen LogP contribution is 2.27. The van der Waals surface area contributed by atoms with Crippen LogP contribution in [-0.2, 0) is 6.42 Å². The molecule has 0 unspecified atom stereocenters. The highest BCUT2D eigenvalue weighted by atomic mass is 32.1. The quantitative estimate of drug-likeness (QED) is 0.660. The first kappa shape index (κ1) is 16.7. The maximum Gasteiger partial charge on any atom is 0.0939 e. The highest BCUT2D eigenvalue weighted by Gasteiger charge is 2.21. The third-order valence-corrected chi connectivity index (χ3v) is 6.24. The molecule has 1 aliphatic rings. The summed E-state index contributed by atoms with van der Waals surface area (Å²) in [6.07, 6.45) is 6.72. The molecule has 3 nitrogen and oxygen atoms in total. The fourth-order valence-corrected chi connectivity index (χ4v) is 4.72. The molecule has 4 rings (SSSR count). The lowest BCUT2D eigenvalue weighted by molar-refractivity contribution is 0.209. The molecule has 1 aliphatic heterocycles. The molecule has 1 saturated heterocycles. The Morgan fingerprint density at radius 3 is 2.80 bits per heavy atom. The summed E-state index contributed by atoms with van der Waals surface area (Å²) in [5, 5.41) is 1.28. The summed E-state index contributed by atoms with van der Waals surface area (Å²) in [5.74, 6) is 0.639. The first-order valence-electron chi connectivity index (χ1n) is 9.27. The standard InChI is InChI=1S/C21H25N3S/c1-16-8-11-22-19(15-16)17-9-13-24(14-10-17)12-4-7-21-23-18-5-2-3-6-20(18)25-21/h2-3,5-6,8,11,15,17H,4,7,9-10,12-14H2,1H3. The Morgan fingerprint density at radius 1 is 1.16 bits per heavy atom. The Hall–Kier alpha value is -1.78. The zero-order chi connectivity index (χ0) is 17.1. The van der Waals surface area contributed by atoms with E-state index in [1.807, 2.05) is 17.5 Å². The molecule has 0 spiro atoms. The van der Waals surface area contributed by atoms with Crippen molar-refractivity contribution in [1.82, 2.24) is 14.9 Å². The van der Waals surface area contributed by atoms with Gasteiger partial charge in [0.15, 0.2) is 0 Å². The topological polar surface area (TPSA) is 29.0 Å². The van der Waals surface area contributed by atoms with Gasteiger partial charge in [0, 0.05) is 24.2 Å². The van der Waals surface area contributed by atoms with Gasteiger partial charge in [0.25, 0.3) is 0 Å². The van der Waals surface area contributed by atoms with Crippen molar-refractivity contribution in [3.05, 3.63) is 58.9 Å². The molecule has 0 N–H and O–H groups in total. The number of rotatable bonds is 5. The van der Waals surface area contributed by atoms with E-state index in [4.69, 9.17) is 4.98 Å². The fourth-order valence-electron chi connectivity index (χ4n) is 3.72. The minimum absolute atomic E-state index is 0.639. The van der Waals surface area contributed by atoms with Crippen molar-refractivity contribution >= 4 is 21.6 Å². The molecule has 3 heterocycles. The summed E-state index contributed by atoms with van der Waals surface area (Å²) in [4.78, 5) is 11.9. The molecule has 1 fully saturated rings. The Bertz CT molecular complexity index is 801. The van der Waals surface area contributed by atoms with Gasteiger partial charge in [0.1, 0.15) is 0 Å². The van der Waals surface area contributed by atoms with Crippen LogP contribution < -0.4 is 0 Å². The molecule has 4 heteroatoms. The van der Waals surface area contributed by atoms with Crippen molar-refractivity contribution < 1.29 is 0 Å². The van der Waals surface area contributed by atoms with Crippen LogP contribution in [0.2, 0.25) is 0 Å². The van der Waals surface area contributed by atoms with Crippen LogP contribution in [0.5, 0.6) is 0 Å².